The Kier molecular flexibility index (Phi) is 6.31. The van der Waals surface area contributed by atoms with Gasteiger partial charge in [0.1, 0.15) is 5.75 Å². The van der Waals surface area contributed by atoms with Gasteiger partial charge in [0.2, 0.25) is 0 Å². The van der Waals surface area contributed by atoms with E-state index in [1.807, 2.05) is 19.2 Å². The van der Waals surface area contributed by atoms with Crippen molar-refractivity contribution in [2.24, 2.45) is 4.99 Å². The SMILES string of the molecule is CN=C(NCCC(C)c1ccc(OC)cc1)NC1CC=CC1. The molecular formula is C18H27N3O. The third kappa shape index (κ3) is 4.79. The minimum atomic E-state index is 0.491. The zero-order valence-electron chi connectivity index (χ0n) is 13.8. The number of methoxy groups -OCH3 is 1. The summed E-state index contributed by atoms with van der Waals surface area (Å²) in [7, 11) is 3.52. The third-order valence-corrected chi connectivity index (χ3v) is 4.13. The van der Waals surface area contributed by atoms with E-state index < -0.39 is 0 Å². The lowest BCUT2D eigenvalue weighted by atomic mass is 9.98. The van der Waals surface area contributed by atoms with Gasteiger partial charge in [-0.15, -0.1) is 0 Å². The van der Waals surface area contributed by atoms with E-state index >= 15 is 0 Å². The Hall–Kier alpha value is -1.97. The molecule has 4 nitrogen and oxygen atoms in total. The smallest absolute Gasteiger partial charge is 0.191 e. The number of rotatable bonds is 6. The summed E-state index contributed by atoms with van der Waals surface area (Å²) in [5.74, 6) is 2.31. The summed E-state index contributed by atoms with van der Waals surface area (Å²) in [5, 5.41) is 6.86. The fraction of sp³-hybridized carbons (Fsp3) is 0.500. The number of aliphatic imine (C=N–C) groups is 1. The van der Waals surface area contributed by atoms with Crippen molar-refractivity contribution in [3.05, 3.63) is 42.0 Å². The molecule has 0 saturated heterocycles. The average Bonchev–Trinajstić information content (AvgIpc) is 3.06. The van der Waals surface area contributed by atoms with Crippen molar-refractivity contribution in [2.45, 2.75) is 38.1 Å². The quantitative estimate of drug-likeness (QED) is 0.482. The number of hydrogen-bond acceptors (Lipinski definition) is 2. The molecule has 0 heterocycles. The molecule has 0 aliphatic heterocycles. The van der Waals surface area contributed by atoms with Gasteiger partial charge >= 0.3 is 0 Å². The van der Waals surface area contributed by atoms with Crippen molar-refractivity contribution >= 4 is 5.96 Å². The highest BCUT2D eigenvalue weighted by Crippen LogP contribution is 2.21. The fourth-order valence-electron chi connectivity index (χ4n) is 2.63. The van der Waals surface area contributed by atoms with Crippen molar-refractivity contribution < 1.29 is 4.74 Å². The number of hydrogen-bond donors (Lipinski definition) is 2. The Labute approximate surface area is 133 Å². The van der Waals surface area contributed by atoms with Gasteiger partial charge in [-0.3, -0.25) is 4.99 Å². The molecule has 0 aromatic heterocycles. The van der Waals surface area contributed by atoms with E-state index in [2.05, 4.69) is 46.8 Å². The predicted octanol–water partition coefficient (Wildman–Crippen LogP) is 3.07. The van der Waals surface area contributed by atoms with E-state index in [1.54, 1.807) is 7.11 Å². The maximum absolute atomic E-state index is 5.20. The third-order valence-electron chi connectivity index (χ3n) is 4.13. The molecule has 1 atom stereocenters. The molecule has 0 bridgehead atoms. The van der Waals surface area contributed by atoms with Crippen molar-refractivity contribution in [2.75, 3.05) is 20.7 Å². The molecular weight excluding hydrogens is 274 g/mol. The van der Waals surface area contributed by atoms with Crippen LogP contribution in [-0.2, 0) is 0 Å². The minimum absolute atomic E-state index is 0.491. The molecule has 22 heavy (non-hydrogen) atoms. The highest BCUT2D eigenvalue weighted by atomic mass is 16.5. The van der Waals surface area contributed by atoms with Gasteiger partial charge in [-0.1, -0.05) is 31.2 Å². The topological polar surface area (TPSA) is 45.7 Å². The number of benzene rings is 1. The van der Waals surface area contributed by atoms with Gasteiger partial charge in [0.15, 0.2) is 5.96 Å². The molecule has 1 unspecified atom stereocenters. The predicted molar refractivity (Wildman–Crippen MR) is 92.7 cm³/mol. The van der Waals surface area contributed by atoms with Crippen LogP contribution < -0.4 is 15.4 Å². The van der Waals surface area contributed by atoms with Gasteiger partial charge in [0.05, 0.1) is 7.11 Å². The zero-order chi connectivity index (χ0) is 15.8. The molecule has 1 aromatic carbocycles. The lowest BCUT2D eigenvalue weighted by molar-refractivity contribution is 0.414. The molecule has 2 rings (SSSR count). The second-order valence-electron chi connectivity index (χ2n) is 5.75. The Balaban J connectivity index is 1.73. The van der Waals surface area contributed by atoms with Gasteiger partial charge in [-0.25, -0.2) is 0 Å². The van der Waals surface area contributed by atoms with Crippen LogP contribution in [0.15, 0.2) is 41.4 Å². The summed E-state index contributed by atoms with van der Waals surface area (Å²) in [5.41, 5.74) is 1.34. The number of nitrogens with one attached hydrogen (secondary N) is 2. The molecule has 0 fully saturated rings. The van der Waals surface area contributed by atoms with E-state index in [4.69, 9.17) is 4.74 Å². The van der Waals surface area contributed by atoms with E-state index in [9.17, 15) is 0 Å². The van der Waals surface area contributed by atoms with E-state index in [-0.39, 0.29) is 0 Å². The maximum Gasteiger partial charge on any atom is 0.191 e. The molecule has 1 aromatic rings. The fourth-order valence-corrected chi connectivity index (χ4v) is 2.63. The van der Waals surface area contributed by atoms with E-state index in [0.717, 1.165) is 37.5 Å². The first kappa shape index (κ1) is 16.4. The van der Waals surface area contributed by atoms with Crippen LogP contribution in [0.1, 0.15) is 37.7 Å². The van der Waals surface area contributed by atoms with Crippen molar-refractivity contribution in [3.8, 4) is 5.75 Å². The lowest BCUT2D eigenvalue weighted by Gasteiger charge is -2.18. The molecule has 0 spiro atoms. The van der Waals surface area contributed by atoms with Gasteiger partial charge in [-0.05, 0) is 42.9 Å². The van der Waals surface area contributed by atoms with Crippen LogP contribution in [0.4, 0.5) is 0 Å². The van der Waals surface area contributed by atoms with Crippen molar-refractivity contribution in [1.82, 2.24) is 10.6 Å². The molecule has 2 N–H and O–H groups in total. The Bertz CT molecular complexity index is 500. The van der Waals surface area contributed by atoms with Crippen LogP contribution in [0.5, 0.6) is 5.75 Å². The summed E-state index contributed by atoms with van der Waals surface area (Å²) < 4.78 is 5.20. The molecule has 120 valence electrons. The van der Waals surface area contributed by atoms with Crippen LogP contribution in [-0.4, -0.2) is 32.7 Å². The molecule has 1 aliphatic carbocycles. The summed E-state index contributed by atoms with van der Waals surface area (Å²) in [6.45, 7) is 3.16. The van der Waals surface area contributed by atoms with Gasteiger partial charge < -0.3 is 15.4 Å². The largest absolute Gasteiger partial charge is 0.497 e. The second-order valence-corrected chi connectivity index (χ2v) is 5.75. The lowest BCUT2D eigenvalue weighted by Crippen LogP contribution is -2.42. The average molecular weight is 301 g/mol. The Morgan fingerprint density at radius 2 is 1.95 bits per heavy atom. The van der Waals surface area contributed by atoms with Gasteiger partial charge in [-0.2, -0.15) is 0 Å². The highest BCUT2D eigenvalue weighted by Gasteiger charge is 2.12. The number of ether oxygens (including phenoxy) is 1. The minimum Gasteiger partial charge on any atom is -0.497 e. The molecule has 0 amide bonds. The normalized spacial score (nSPS) is 16.6. The van der Waals surface area contributed by atoms with Crippen LogP contribution in [0, 0.1) is 0 Å². The van der Waals surface area contributed by atoms with Crippen molar-refractivity contribution in [3.63, 3.8) is 0 Å². The number of guanidine groups is 1. The first-order chi connectivity index (χ1) is 10.7. The zero-order valence-corrected chi connectivity index (χ0v) is 13.8. The summed E-state index contributed by atoms with van der Waals surface area (Å²) in [4.78, 5) is 4.29. The van der Waals surface area contributed by atoms with Crippen molar-refractivity contribution in [1.29, 1.82) is 0 Å². The highest BCUT2D eigenvalue weighted by molar-refractivity contribution is 5.80. The van der Waals surface area contributed by atoms with Crippen LogP contribution in [0.25, 0.3) is 0 Å². The van der Waals surface area contributed by atoms with Crippen LogP contribution >= 0.6 is 0 Å². The molecule has 1 aliphatic rings. The standard InChI is InChI=1S/C18H27N3O/c1-14(15-8-10-17(22-3)11-9-15)12-13-20-18(19-2)21-16-6-4-5-7-16/h4-5,8-11,14,16H,6-7,12-13H2,1-3H3,(H2,19,20,21). The van der Waals surface area contributed by atoms with Crippen LogP contribution in [0.3, 0.4) is 0 Å². The van der Waals surface area contributed by atoms with E-state index in [1.165, 1.54) is 5.56 Å². The second kappa shape index (κ2) is 8.47. The number of nitrogens with zero attached hydrogens (tertiary/aromatic N) is 1. The van der Waals surface area contributed by atoms with Gasteiger partial charge in [0.25, 0.3) is 0 Å². The Morgan fingerprint density at radius 3 is 2.55 bits per heavy atom. The summed E-state index contributed by atoms with van der Waals surface area (Å²) in [6.07, 6.45) is 7.68. The van der Waals surface area contributed by atoms with E-state index in [0.29, 0.717) is 12.0 Å². The first-order valence-electron chi connectivity index (χ1n) is 7.99. The maximum atomic E-state index is 5.20. The van der Waals surface area contributed by atoms with Gasteiger partial charge in [0, 0.05) is 19.6 Å². The first-order valence-corrected chi connectivity index (χ1v) is 7.99. The summed E-state index contributed by atoms with van der Waals surface area (Å²) in [6, 6.07) is 8.81. The molecule has 0 radical (unpaired) electrons. The van der Waals surface area contributed by atoms with Crippen LogP contribution in [0.2, 0.25) is 0 Å². The summed E-state index contributed by atoms with van der Waals surface area (Å²) >= 11 is 0. The monoisotopic (exact) mass is 301 g/mol. The molecule has 4 heteroatoms. The Morgan fingerprint density at radius 1 is 1.27 bits per heavy atom. The molecule has 0 saturated carbocycles.